The number of aromatic nitrogens is 2. The van der Waals surface area contributed by atoms with E-state index in [1.54, 1.807) is 0 Å². The van der Waals surface area contributed by atoms with E-state index in [0.29, 0.717) is 6.54 Å². The maximum absolute atomic E-state index is 6.01. The first-order valence-electron chi connectivity index (χ1n) is 6.83. The highest BCUT2D eigenvalue weighted by molar-refractivity contribution is 9.10. The zero-order valence-corrected chi connectivity index (χ0v) is 14.1. The van der Waals surface area contributed by atoms with Gasteiger partial charge < -0.3 is 5.73 Å². The van der Waals surface area contributed by atoms with Gasteiger partial charge >= 0.3 is 0 Å². The summed E-state index contributed by atoms with van der Waals surface area (Å²) in [6.07, 6.45) is 0. The third kappa shape index (κ3) is 3.13. The molecule has 2 rings (SSSR count). The largest absolute Gasteiger partial charge is 0.329 e. The summed E-state index contributed by atoms with van der Waals surface area (Å²) < 4.78 is 3.04. The van der Waals surface area contributed by atoms with E-state index >= 15 is 0 Å². The highest BCUT2D eigenvalue weighted by Crippen LogP contribution is 2.29. The topological polar surface area (TPSA) is 43.8 Å². The van der Waals surface area contributed by atoms with Crippen molar-refractivity contribution in [1.29, 1.82) is 0 Å². The van der Waals surface area contributed by atoms with E-state index < -0.39 is 0 Å². The van der Waals surface area contributed by atoms with Gasteiger partial charge in [-0.2, -0.15) is 5.10 Å². The van der Waals surface area contributed by atoms with Crippen molar-refractivity contribution in [2.24, 2.45) is 12.8 Å². The monoisotopic (exact) mass is 335 g/mol. The van der Waals surface area contributed by atoms with Gasteiger partial charge in [0.2, 0.25) is 0 Å². The highest BCUT2D eigenvalue weighted by atomic mass is 79.9. The summed E-state index contributed by atoms with van der Waals surface area (Å²) in [4.78, 5) is 0. The quantitative estimate of drug-likeness (QED) is 0.931. The van der Waals surface area contributed by atoms with E-state index in [4.69, 9.17) is 5.73 Å². The van der Waals surface area contributed by atoms with Crippen LogP contribution in [0.25, 0.3) is 0 Å². The zero-order valence-electron chi connectivity index (χ0n) is 12.5. The van der Waals surface area contributed by atoms with Crippen molar-refractivity contribution in [3.8, 4) is 0 Å². The van der Waals surface area contributed by atoms with Gasteiger partial charge in [0.25, 0.3) is 0 Å². The lowest BCUT2D eigenvalue weighted by atomic mass is 9.90. The minimum absolute atomic E-state index is 0.0505. The number of nitrogens with two attached hydrogens (primary N) is 1. The van der Waals surface area contributed by atoms with Gasteiger partial charge in [0.05, 0.1) is 5.69 Å². The number of nitrogens with zero attached hydrogens (tertiary/aromatic N) is 2. The maximum atomic E-state index is 6.01. The van der Waals surface area contributed by atoms with Crippen molar-refractivity contribution >= 4 is 15.9 Å². The second-order valence-corrected chi connectivity index (χ2v) is 7.08. The first-order valence-corrected chi connectivity index (χ1v) is 7.62. The number of halogens is 1. The Labute approximate surface area is 129 Å². The normalized spacial score (nSPS) is 13.5. The molecule has 1 aromatic carbocycles. The molecule has 4 heteroatoms. The molecule has 0 aliphatic rings. The van der Waals surface area contributed by atoms with Crippen LogP contribution in [0.15, 0.2) is 34.8 Å². The summed E-state index contributed by atoms with van der Waals surface area (Å²) in [6.45, 7) is 7.10. The van der Waals surface area contributed by atoms with Crippen molar-refractivity contribution in [3.05, 3.63) is 51.8 Å². The molecule has 0 fully saturated rings. The molecule has 108 valence electrons. The molecular formula is C16H22BrN3. The molecule has 2 N–H and O–H groups in total. The van der Waals surface area contributed by atoms with Crippen LogP contribution in [0.3, 0.4) is 0 Å². The van der Waals surface area contributed by atoms with Gasteiger partial charge in [0.1, 0.15) is 0 Å². The van der Waals surface area contributed by atoms with Crippen LogP contribution in [0.5, 0.6) is 0 Å². The molecule has 20 heavy (non-hydrogen) atoms. The van der Waals surface area contributed by atoms with Crippen LogP contribution in [-0.2, 0) is 12.5 Å². The van der Waals surface area contributed by atoms with E-state index in [1.165, 1.54) is 11.3 Å². The van der Waals surface area contributed by atoms with Gasteiger partial charge in [-0.3, -0.25) is 4.68 Å². The lowest BCUT2D eigenvalue weighted by Crippen LogP contribution is -2.16. The number of hydrogen-bond acceptors (Lipinski definition) is 2. The summed E-state index contributed by atoms with van der Waals surface area (Å²) in [5.74, 6) is 0.177. The summed E-state index contributed by atoms with van der Waals surface area (Å²) in [7, 11) is 1.99. The average molecular weight is 336 g/mol. The molecule has 3 nitrogen and oxygen atoms in total. The minimum atomic E-state index is 0.0505. The predicted octanol–water partition coefficient (Wildman–Crippen LogP) is 3.57. The molecule has 1 unspecified atom stereocenters. The Balaban J connectivity index is 2.42. The standard InChI is InChI=1S/C16H22BrN3/c1-16(2,3)15-9-14(20(4)19-15)13(10-18)11-5-7-12(17)8-6-11/h5-9,13H,10,18H2,1-4H3. The third-order valence-corrected chi connectivity index (χ3v) is 4.08. The van der Waals surface area contributed by atoms with Gasteiger partial charge in [0.15, 0.2) is 0 Å². The van der Waals surface area contributed by atoms with Gasteiger partial charge in [-0.25, -0.2) is 0 Å². The Bertz CT molecular complexity index is 579. The lowest BCUT2D eigenvalue weighted by Gasteiger charge is -2.16. The molecule has 0 bridgehead atoms. The number of rotatable bonds is 3. The maximum Gasteiger partial charge on any atom is 0.0681 e. The van der Waals surface area contributed by atoms with Crippen molar-refractivity contribution in [2.75, 3.05) is 6.54 Å². The molecular weight excluding hydrogens is 314 g/mol. The van der Waals surface area contributed by atoms with E-state index in [2.05, 4.69) is 72.1 Å². The highest BCUT2D eigenvalue weighted by Gasteiger charge is 2.23. The Morgan fingerprint density at radius 1 is 1.25 bits per heavy atom. The summed E-state index contributed by atoms with van der Waals surface area (Å²) in [5, 5.41) is 4.65. The van der Waals surface area contributed by atoms with Crippen LogP contribution in [0.1, 0.15) is 43.6 Å². The third-order valence-electron chi connectivity index (χ3n) is 3.55. The second-order valence-electron chi connectivity index (χ2n) is 6.17. The van der Waals surface area contributed by atoms with Crippen molar-refractivity contribution < 1.29 is 0 Å². The lowest BCUT2D eigenvalue weighted by molar-refractivity contribution is 0.550. The summed E-state index contributed by atoms with van der Waals surface area (Å²) in [5.41, 5.74) is 9.55. The zero-order chi connectivity index (χ0) is 14.9. The molecule has 1 aromatic heterocycles. The van der Waals surface area contributed by atoms with Crippen LogP contribution < -0.4 is 5.73 Å². The molecule has 2 aromatic rings. The minimum Gasteiger partial charge on any atom is -0.329 e. The Hall–Kier alpha value is -1.13. The van der Waals surface area contributed by atoms with E-state index in [-0.39, 0.29) is 11.3 Å². The van der Waals surface area contributed by atoms with Gasteiger partial charge in [-0.15, -0.1) is 0 Å². The van der Waals surface area contributed by atoms with E-state index in [9.17, 15) is 0 Å². The summed E-state index contributed by atoms with van der Waals surface area (Å²) in [6, 6.07) is 10.5. The van der Waals surface area contributed by atoms with Gasteiger partial charge in [-0.1, -0.05) is 48.8 Å². The van der Waals surface area contributed by atoms with Crippen LogP contribution in [0, 0.1) is 0 Å². The smallest absolute Gasteiger partial charge is 0.0681 e. The predicted molar refractivity (Wildman–Crippen MR) is 86.9 cm³/mol. The Kier molecular flexibility index (Phi) is 4.35. The van der Waals surface area contributed by atoms with Crippen molar-refractivity contribution in [3.63, 3.8) is 0 Å². The number of aryl methyl sites for hydroxylation is 1. The van der Waals surface area contributed by atoms with Gasteiger partial charge in [0, 0.05) is 35.1 Å². The molecule has 1 heterocycles. The molecule has 0 saturated heterocycles. The molecule has 0 radical (unpaired) electrons. The van der Waals surface area contributed by atoms with E-state index in [1.807, 2.05) is 11.7 Å². The average Bonchev–Trinajstić information content (AvgIpc) is 2.75. The van der Waals surface area contributed by atoms with Crippen LogP contribution in [0.4, 0.5) is 0 Å². The van der Waals surface area contributed by atoms with Gasteiger partial charge in [-0.05, 0) is 23.8 Å². The SMILES string of the molecule is Cn1nc(C(C)(C)C)cc1C(CN)c1ccc(Br)cc1. The summed E-state index contributed by atoms with van der Waals surface area (Å²) >= 11 is 3.47. The fourth-order valence-electron chi connectivity index (χ4n) is 2.30. The molecule has 0 amide bonds. The van der Waals surface area contributed by atoms with Crippen LogP contribution >= 0.6 is 15.9 Å². The fourth-order valence-corrected chi connectivity index (χ4v) is 2.56. The fraction of sp³-hybridized carbons (Fsp3) is 0.438. The number of hydrogen-bond donors (Lipinski definition) is 1. The molecule has 1 atom stereocenters. The Morgan fingerprint density at radius 2 is 1.85 bits per heavy atom. The first-order chi connectivity index (χ1) is 9.32. The second kappa shape index (κ2) is 5.70. The first kappa shape index (κ1) is 15.3. The molecule has 0 saturated carbocycles. The number of benzene rings is 1. The van der Waals surface area contributed by atoms with Crippen molar-refractivity contribution in [2.45, 2.75) is 32.1 Å². The molecule has 0 aliphatic heterocycles. The molecule has 0 aliphatic carbocycles. The van der Waals surface area contributed by atoms with Crippen molar-refractivity contribution in [1.82, 2.24) is 9.78 Å². The van der Waals surface area contributed by atoms with Crippen LogP contribution in [-0.4, -0.2) is 16.3 Å². The van der Waals surface area contributed by atoms with E-state index in [0.717, 1.165) is 10.2 Å². The Morgan fingerprint density at radius 3 is 2.30 bits per heavy atom. The van der Waals surface area contributed by atoms with Crippen LogP contribution in [0.2, 0.25) is 0 Å². The molecule has 0 spiro atoms.